The molecule has 0 spiro atoms. The summed E-state index contributed by atoms with van der Waals surface area (Å²) in [4.78, 5) is 14.1. The molecule has 0 bridgehead atoms. The summed E-state index contributed by atoms with van der Waals surface area (Å²) < 4.78 is 5.20. The minimum Gasteiger partial charge on any atom is -0.497 e. The maximum atomic E-state index is 12.7. The molecule has 2 atom stereocenters. The number of benzene rings is 1. The van der Waals surface area contributed by atoms with E-state index in [0.717, 1.165) is 40.6 Å². The van der Waals surface area contributed by atoms with E-state index >= 15 is 0 Å². The van der Waals surface area contributed by atoms with E-state index in [9.17, 15) is 4.79 Å². The summed E-state index contributed by atoms with van der Waals surface area (Å²) in [6.07, 6.45) is 4.38. The number of thiophene rings is 1. The number of carbonyl (C=O) groups excluding carboxylic acids is 1. The van der Waals surface area contributed by atoms with Crippen LogP contribution in [0.3, 0.4) is 0 Å². The van der Waals surface area contributed by atoms with E-state index < -0.39 is 0 Å². The van der Waals surface area contributed by atoms with Crippen LogP contribution in [0.2, 0.25) is 0 Å². The van der Waals surface area contributed by atoms with Gasteiger partial charge in [-0.05, 0) is 48.4 Å². The van der Waals surface area contributed by atoms with Crippen LogP contribution < -0.4 is 15.4 Å². The second kappa shape index (κ2) is 6.13. The molecule has 2 unspecified atom stereocenters. The van der Waals surface area contributed by atoms with Crippen LogP contribution in [0, 0.1) is 5.92 Å². The van der Waals surface area contributed by atoms with Gasteiger partial charge in [0, 0.05) is 4.88 Å². The lowest BCUT2D eigenvalue weighted by Gasteiger charge is -2.27. The fraction of sp³-hybridized carbons (Fsp3) is 0.421. The van der Waals surface area contributed by atoms with Gasteiger partial charge in [0.25, 0.3) is 5.91 Å². The minimum absolute atomic E-state index is 0.0528. The molecule has 0 radical (unpaired) electrons. The van der Waals surface area contributed by atoms with E-state index in [2.05, 4.69) is 17.6 Å². The number of hydrogen-bond acceptors (Lipinski definition) is 4. The van der Waals surface area contributed by atoms with Crippen molar-refractivity contribution in [3.8, 4) is 5.75 Å². The molecule has 2 N–H and O–H groups in total. The molecular formula is C19H22N2O2S. The van der Waals surface area contributed by atoms with Gasteiger partial charge in [0.1, 0.15) is 16.9 Å². The molecule has 1 aromatic carbocycles. The van der Waals surface area contributed by atoms with Crippen LogP contribution in [-0.2, 0) is 12.8 Å². The van der Waals surface area contributed by atoms with E-state index in [1.54, 1.807) is 18.4 Å². The second-order valence-corrected chi connectivity index (χ2v) is 7.65. The van der Waals surface area contributed by atoms with Gasteiger partial charge in [-0.1, -0.05) is 25.5 Å². The van der Waals surface area contributed by atoms with Gasteiger partial charge in [-0.2, -0.15) is 0 Å². The number of nitrogens with one attached hydrogen (secondary N) is 2. The summed E-state index contributed by atoms with van der Waals surface area (Å²) in [7, 11) is 1.65. The average Bonchev–Trinajstić information content (AvgIpc) is 2.99. The molecule has 126 valence electrons. The summed E-state index contributed by atoms with van der Waals surface area (Å²) in [5.74, 6) is 1.63. The molecule has 1 aliphatic carbocycles. The van der Waals surface area contributed by atoms with Gasteiger partial charge in [-0.25, -0.2) is 0 Å². The Morgan fingerprint density at radius 1 is 1.25 bits per heavy atom. The third-order valence-corrected chi connectivity index (χ3v) is 6.36. The molecule has 1 amide bonds. The molecule has 0 saturated heterocycles. The first-order valence-corrected chi connectivity index (χ1v) is 9.37. The monoisotopic (exact) mass is 342 g/mol. The number of hydrogen-bond donors (Lipinski definition) is 2. The highest BCUT2D eigenvalue weighted by Gasteiger charge is 2.33. The highest BCUT2D eigenvalue weighted by molar-refractivity contribution is 7.16. The smallest absolute Gasteiger partial charge is 0.256 e. The second-order valence-electron chi connectivity index (χ2n) is 6.55. The Labute approximate surface area is 146 Å². The molecule has 0 saturated carbocycles. The molecule has 24 heavy (non-hydrogen) atoms. The molecule has 0 fully saturated rings. The molecule has 4 nitrogen and oxygen atoms in total. The first-order valence-electron chi connectivity index (χ1n) is 8.55. The maximum absolute atomic E-state index is 12.7. The Morgan fingerprint density at radius 3 is 2.75 bits per heavy atom. The quantitative estimate of drug-likeness (QED) is 0.882. The fourth-order valence-electron chi connectivity index (χ4n) is 3.68. The molecule has 5 heteroatoms. The SMILES string of the molecule is CCC1CCc2c(sc3c2C(=O)NC(c2ccc(OC)cc2)N3)C1. The van der Waals surface area contributed by atoms with Crippen molar-refractivity contribution in [2.75, 3.05) is 12.4 Å². The summed E-state index contributed by atoms with van der Waals surface area (Å²) in [6, 6.07) is 7.82. The third kappa shape index (κ3) is 2.57. The number of anilines is 1. The lowest BCUT2D eigenvalue weighted by atomic mass is 9.85. The van der Waals surface area contributed by atoms with E-state index in [4.69, 9.17) is 4.74 Å². The summed E-state index contributed by atoms with van der Waals surface area (Å²) >= 11 is 1.77. The summed E-state index contributed by atoms with van der Waals surface area (Å²) in [5.41, 5.74) is 3.19. The Bertz CT molecular complexity index is 766. The van der Waals surface area contributed by atoms with Crippen LogP contribution in [0.4, 0.5) is 5.00 Å². The van der Waals surface area contributed by atoms with Crippen molar-refractivity contribution < 1.29 is 9.53 Å². The molecule has 2 aliphatic rings. The molecule has 1 aromatic heterocycles. The zero-order valence-electron chi connectivity index (χ0n) is 14.0. The normalized spacial score (nSPS) is 22.2. The highest BCUT2D eigenvalue weighted by Crippen LogP contribution is 2.43. The van der Waals surface area contributed by atoms with Gasteiger partial charge in [0.05, 0.1) is 12.7 Å². The number of ether oxygens (including phenoxy) is 1. The van der Waals surface area contributed by atoms with Crippen LogP contribution in [-0.4, -0.2) is 13.0 Å². The summed E-state index contributed by atoms with van der Waals surface area (Å²) in [5, 5.41) is 7.65. The van der Waals surface area contributed by atoms with Crippen molar-refractivity contribution in [2.45, 2.75) is 38.8 Å². The van der Waals surface area contributed by atoms with Crippen molar-refractivity contribution in [1.82, 2.24) is 5.32 Å². The van der Waals surface area contributed by atoms with Gasteiger partial charge in [-0.15, -0.1) is 11.3 Å². The third-order valence-electron chi connectivity index (χ3n) is 5.17. The van der Waals surface area contributed by atoms with Crippen LogP contribution in [0.25, 0.3) is 0 Å². The standard InChI is InChI=1S/C19H22N2O2S/c1-3-11-4-9-14-15(10-11)24-19-16(14)18(22)20-17(21-19)12-5-7-13(23-2)8-6-12/h5-8,11,17,21H,3-4,9-10H2,1-2H3,(H,20,22). The molecule has 2 aromatic rings. The zero-order chi connectivity index (χ0) is 16.7. The lowest BCUT2D eigenvalue weighted by molar-refractivity contribution is 0.0935. The van der Waals surface area contributed by atoms with Crippen molar-refractivity contribution >= 4 is 22.2 Å². The fourth-order valence-corrected chi connectivity index (χ4v) is 5.07. The Kier molecular flexibility index (Phi) is 3.96. The number of methoxy groups -OCH3 is 1. The van der Waals surface area contributed by atoms with Crippen molar-refractivity contribution in [1.29, 1.82) is 0 Å². The topological polar surface area (TPSA) is 50.4 Å². The first kappa shape index (κ1) is 15.5. The van der Waals surface area contributed by atoms with Crippen molar-refractivity contribution in [3.63, 3.8) is 0 Å². The Balaban J connectivity index is 1.63. The van der Waals surface area contributed by atoms with Crippen LogP contribution in [0.15, 0.2) is 24.3 Å². The summed E-state index contributed by atoms with van der Waals surface area (Å²) in [6.45, 7) is 2.26. The Hall–Kier alpha value is -2.01. The minimum atomic E-state index is -0.182. The zero-order valence-corrected chi connectivity index (χ0v) is 14.8. The van der Waals surface area contributed by atoms with E-state index in [-0.39, 0.29) is 12.1 Å². The number of carbonyl (C=O) groups is 1. The van der Waals surface area contributed by atoms with Crippen LogP contribution >= 0.6 is 11.3 Å². The highest BCUT2D eigenvalue weighted by atomic mass is 32.1. The first-order chi connectivity index (χ1) is 11.7. The van der Waals surface area contributed by atoms with Crippen molar-refractivity contribution in [2.24, 2.45) is 5.92 Å². The van der Waals surface area contributed by atoms with Gasteiger partial charge < -0.3 is 15.4 Å². The lowest BCUT2D eigenvalue weighted by Crippen LogP contribution is -2.38. The predicted molar refractivity (Wildman–Crippen MR) is 96.9 cm³/mol. The maximum Gasteiger partial charge on any atom is 0.256 e. The van der Waals surface area contributed by atoms with Crippen molar-refractivity contribution in [3.05, 3.63) is 45.8 Å². The number of amides is 1. The van der Waals surface area contributed by atoms with Gasteiger partial charge in [0.15, 0.2) is 0 Å². The molecule has 2 heterocycles. The van der Waals surface area contributed by atoms with Gasteiger partial charge in [0.2, 0.25) is 0 Å². The molecule has 4 rings (SSSR count). The molecular weight excluding hydrogens is 320 g/mol. The number of rotatable bonds is 3. The van der Waals surface area contributed by atoms with Gasteiger partial charge >= 0.3 is 0 Å². The van der Waals surface area contributed by atoms with E-state index in [1.165, 1.54) is 23.3 Å². The largest absolute Gasteiger partial charge is 0.497 e. The Morgan fingerprint density at radius 2 is 2.04 bits per heavy atom. The van der Waals surface area contributed by atoms with Gasteiger partial charge in [-0.3, -0.25) is 4.79 Å². The predicted octanol–water partition coefficient (Wildman–Crippen LogP) is 4.13. The van der Waals surface area contributed by atoms with Crippen LogP contribution in [0.5, 0.6) is 5.75 Å². The van der Waals surface area contributed by atoms with E-state index in [0.29, 0.717) is 0 Å². The van der Waals surface area contributed by atoms with E-state index in [1.807, 2.05) is 24.3 Å². The average molecular weight is 342 g/mol. The number of fused-ring (bicyclic) bond motifs is 3. The molecule has 1 aliphatic heterocycles. The van der Waals surface area contributed by atoms with Crippen LogP contribution in [0.1, 0.15) is 52.3 Å².